The third-order valence-corrected chi connectivity index (χ3v) is 5.74. The second kappa shape index (κ2) is 6.13. The molecule has 3 rings (SSSR count). The number of allylic oxidation sites excluding steroid dienone is 1. The van der Waals surface area contributed by atoms with Crippen LogP contribution in [0.3, 0.4) is 0 Å². The van der Waals surface area contributed by atoms with Gasteiger partial charge in [0, 0.05) is 16.4 Å². The van der Waals surface area contributed by atoms with E-state index < -0.39 is 0 Å². The summed E-state index contributed by atoms with van der Waals surface area (Å²) in [5, 5.41) is 0. The molecule has 25 heavy (non-hydrogen) atoms. The van der Waals surface area contributed by atoms with E-state index in [-0.39, 0.29) is 10.8 Å². The Labute approximate surface area is 150 Å². The van der Waals surface area contributed by atoms with Crippen LogP contribution in [0, 0.1) is 10.8 Å². The highest BCUT2D eigenvalue weighted by molar-refractivity contribution is 5.81. The molecule has 0 aromatic heterocycles. The fourth-order valence-corrected chi connectivity index (χ4v) is 3.32. The van der Waals surface area contributed by atoms with E-state index in [1.807, 2.05) is 24.3 Å². The molecule has 0 bridgehead atoms. The van der Waals surface area contributed by atoms with E-state index in [0.717, 1.165) is 28.2 Å². The van der Waals surface area contributed by atoms with Crippen LogP contribution in [0.25, 0.3) is 5.57 Å². The Kier molecular flexibility index (Phi) is 4.26. The summed E-state index contributed by atoms with van der Waals surface area (Å²) in [7, 11) is 3.38. The van der Waals surface area contributed by atoms with Gasteiger partial charge in [-0.3, -0.25) is 0 Å². The minimum Gasteiger partial charge on any atom is -0.497 e. The van der Waals surface area contributed by atoms with Crippen LogP contribution in [0.5, 0.6) is 11.5 Å². The van der Waals surface area contributed by atoms with Gasteiger partial charge in [0.15, 0.2) is 0 Å². The molecule has 1 saturated carbocycles. The molecule has 1 aliphatic rings. The van der Waals surface area contributed by atoms with Crippen LogP contribution in [-0.4, -0.2) is 14.2 Å². The second-order valence-electron chi connectivity index (χ2n) is 7.59. The van der Waals surface area contributed by atoms with Crippen LogP contribution in [0.4, 0.5) is 0 Å². The third kappa shape index (κ3) is 2.99. The molecule has 0 saturated heterocycles. The molecule has 1 fully saturated rings. The molecule has 0 amide bonds. The van der Waals surface area contributed by atoms with Gasteiger partial charge in [-0.15, -0.1) is 5.73 Å². The lowest BCUT2D eigenvalue weighted by Crippen LogP contribution is -1.95. The number of hydrogen-bond donors (Lipinski definition) is 0. The van der Waals surface area contributed by atoms with Gasteiger partial charge in [0.1, 0.15) is 11.5 Å². The number of ether oxygens (including phenoxy) is 2. The SMILES string of the molecule is COc1ccc(C(=C=C2C(C)(C)C2(C)C)c2cccc(OC)c2)cc1. The van der Waals surface area contributed by atoms with Crippen molar-refractivity contribution < 1.29 is 9.47 Å². The minimum atomic E-state index is 0.170. The topological polar surface area (TPSA) is 18.5 Å². The molecule has 2 aromatic rings. The average Bonchev–Trinajstić information content (AvgIpc) is 3.01. The Morgan fingerprint density at radius 3 is 1.88 bits per heavy atom. The van der Waals surface area contributed by atoms with E-state index in [4.69, 9.17) is 9.47 Å². The molecule has 2 nitrogen and oxygen atoms in total. The Balaban J connectivity index is 2.21. The molecule has 0 radical (unpaired) electrons. The van der Waals surface area contributed by atoms with Crippen molar-refractivity contribution in [3.05, 3.63) is 71.0 Å². The summed E-state index contributed by atoms with van der Waals surface area (Å²) >= 11 is 0. The van der Waals surface area contributed by atoms with Crippen LogP contribution >= 0.6 is 0 Å². The molecule has 0 unspecified atom stereocenters. The molecule has 0 aliphatic heterocycles. The van der Waals surface area contributed by atoms with Gasteiger partial charge >= 0.3 is 0 Å². The molecular formula is C23H26O2. The second-order valence-corrected chi connectivity index (χ2v) is 7.59. The summed E-state index contributed by atoms with van der Waals surface area (Å²) in [5.41, 5.74) is 8.75. The summed E-state index contributed by atoms with van der Waals surface area (Å²) in [6.45, 7) is 9.14. The number of rotatable bonds is 4. The van der Waals surface area contributed by atoms with Crippen LogP contribution in [-0.2, 0) is 0 Å². The largest absolute Gasteiger partial charge is 0.497 e. The monoisotopic (exact) mass is 334 g/mol. The Morgan fingerprint density at radius 1 is 0.760 bits per heavy atom. The summed E-state index contributed by atoms with van der Waals surface area (Å²) in [6.07, 6.45) is 0. The van der Waals surface area contributed by atoms with Gasteiger partial charge in [0.2, 0.25) is 0 Å². The van der Waals surface area contributed by atoms with Crippen LogP contribution in [0.15, 0.2) is 59.8 Å². The van der Waals surface area contributed by atoms with Gasteiger partial charge in [-0.25, -0.2) is 0 Å². The van der Waals surface area contributed by atoms with Crippen molar-refractivity contribution >= 4 is 5.57 Å². The highest BCUT2D eigenvalue weighted by Crippen LogP contribution is 2.67. The van der Waals surface area contributed by atoms with Crippen molar-refractivity contribution in [2.45, 2.75) is 27.7 Å². The smallest absolute Gasteiger partial charge is 0.119 e. The van der Waals surface area contributed by atoms with Gasteiger partial charge in [0.25, 0.3) is 0 Å². The Bertz CT molecular complexity index is 832. The lowest BCUT2D eigenvalue weighted by atomic mass is 9.97. The Hall–Kier alpha value is -2.44. The van der Waals surface area contributed by atoms with Gasteiger partial charge in [0.05, 0.1) is 14.2 Å². The molecule has 1 aliphatic carbocycles. The highest BCUT2D eigenvalue weighted by Gasteiger charge is 2.60. The molecule has 0 spiro atoms. The first-order chi connectivity index (χ1) is 11.8. The van der Waals surface area contributed by atoms with E-state index in [0.29, 0.717) is 0 Å². The van der Waals surface area contributed by atoms with Gasteiger partial charge in [-0.05, 0) is 41.0 Å². The van der Waals surface area contributed by atoms with E-state index in [1.165, 1.54) is 5.57 Å². The number of methoxy groups -OCH3 is 2. The van der Waals surface area contributed by atoms with Crippen LogP contribution in [0.2, 0.25) is 0 Å². The van der Waals surface area contributed by atoms with Crippen molar-refractivity contribution in [3.8, 4) is 11.5 Å². The minimum absolute atomic E-state index is 0.170. The lowest BCUT2D eigenvalue weighted by Gasteiger charge is -2.09. The Morgan fingerprint density at radius 2 is 1.36 bits per heavy atom. The average molecular weight is 334 g/mol. The normalized spacial score (nSPS) is 16.8. The van der Waals surface area contributed by atoms with Gasteiger partial charge in [-0.2, -0.15) is 0 Å². The van der Waals surface area contributed by atoms with Crippen molar-refractivity contribution in [3.63, 3.8) is 0 Å². The molecule has 0 atom stereocenters. The van der Waals surface area contributed by atoms with Crippen LogP contribution in [0.1, 0.15) is 38.8 Å². The maximum Gasteiger partial charge on any atom is 0.119 e. The van der Waals surface area contributed by atoms with E-state index >= 15 is 0 Å². The molecular weight excluding hydrogens is 308 g/mol. The van der Waals surface area contributed by atoms with Gasteiger partial charge in [-0.1, -0.05) is 52.0 Å². The van der Waals surface area contributed by atoms with E-state index in [1.54, 1.807) is 14.2 Å². The van der Waals surface area contributed by atoms with Crippen molar-refractivity contribution in [2.24, 2.45) is 10.8 Å². The fraction of sp³-hybridized carbons (Fsp3) is 0.348. The molecule has 0 heterocycles. The summed E-state index contributed by atoms with van der Waals surface area (Å²) in [5.74, 6) is 1.71. The molecule has 0 N–H and O–H groups in total. The highest BCUT2D eigenvalue weighted by atomic mass is 16.5. The quantitative estimate of drug-likeness (QED) is 0.665. The summed E-state index contributed by atoms with van der Waals surface area (Å²) < 4.78 is 10.7. The lowest BCUT2D eigenvalue weighted by molar-refractivity contribution is 0.414. The van der Waals surface area contributed by atoms with Crippen molar-refractivity contribution in [2.75, 3.05) is 14.2 Å². The summed E-state index contributed by atoms with van der Waals surface area (Å²) in [4.78, 5) is 0. The molecule has 2 aromatic carbocycles. The predicted octanol–water partition coefficient (Wildman–Crippen LogP) is 5.73. The maximum atomic E-state index is 5.41. The predicted molar refractivity (Wildman–Crippen MR) is 103 cm³/mol. The standard InChI is InChI=1S/C23H26O2/c1-22(2)21(23(22,3)4)15-20(16-10-12-18(24-5)13-11-16)17-8-7-9-19(14-17)25-6/h7-14H,1-6H3. The number of benzene rings is 2. The summed E-state index contributed by atoms with van der Waals surface area (Å²) in [6, 6.07) is 16.3. The van der Waals surface area contributed by atoms with E-state index in [2.05, 4.69) is 57.7 Å². The van der Waals surface area contributed by atoms with Crippen molar-refractivity contribution in [1.82, 2.24) is 0 Å². The van der Waals surface area contributed by atoms with Crippen LogP contribution < -0.4 is 9.47 Å². The first kappa shape index (κ1) is 17.4. The molecule has 2 heteroatoms. The first-order valence-corrected chi connectivity index (χ1v) is 8.62. The maximum absolute atomic E-state index is 5.41. The zero-order chi connectivity index (χ0) is 18.2. The third-order valence-electron chi connectivity index (χ3n) is 5.74. The zero-order valence-corrected chi connectivity index (χ0v) is 15.9. The first-order valence-electron chi connectivity index (χ1n) is 8.62. The molecule has 130 valence electrons. The van der Waals surface area contributed by atoms with Crippen molar-refractivity contribution in [1.29, 1.82) is 0 Å². The number of hydrogen-bond acceptors (Lipinski definition) is 2. The fourth-order valence-electron chi connectivity index (χ4n) is 3.32. The zero-order valence-electron chi connectivity index (χ0n) is 15.9. The van der Waals surface area contributed by atoms with E-state index in [9.17, 15) is 0 Å². The van der Waals surface area contributed by atoms with Gasteiger partial charge < -0.3 is 9.47 Å².